The first-order chi connectivity index (χ1) is 8.19. The van der Waals surface area contributed by atoms with E-state index in [-0.39, 0.29) is 0 Å². The third-order valence-electron chi connectivity index (χ3n) is 2.79. The van der Waals surface area contributed by atoms with Crippen LogP contribution in [0.25, 0.3) is 0 Å². The third-order valence-corrected chi connectivity index (χ3v) is 2.79. The van der Waals surface area contributed by atoms with E-state index in [4.69, 9.17) is 4.74 Å². The van der Waals surface area contributed by atoms with Crippen LogP contribution in [-0.4, -0.2) is 13.2 Å². The fraction of sp³-hybridized carbons (Fsp3) is 0.600. The Balaban J connectivity index is 2.81. The first-order valence-corrected chi connectivity index (χ1v) is 6.65. The van der Waals surface area contributed by atoms with E-state index in [1.165, 1.54) is 11.1 Å². The van der Waals surface area contributed by atoms with E-state index < -0.39 is 0 Å². The summed E-state index contributed by atoms with van der Waals surface area (Å²) < 4.78 is 5.80. The smallest absolute Gasteiger partial charge is 0.124 e. The Labute approximate surface area is 105 Å². The van der Waals surface area contributed by atoms with Gasteiger partial charge in [0, 0.05) is 11.6 Å². The minimum atomic E-state index is 0.349. The zero-order valence-corrected chi connectivity index (χ0v) is 11.5. The second-order valence-electron chi connectivity index (χ2n) is 4.57. The first kappa shape index (κ1) is 14.0. The van der Waals surface area contributed by atoms with Crippen molar-refractivity contribution in [3.63, 3.8) is 0 Å². The van der Waals surface area contributed by atoms with E-state index >= 15 is 0 Å². The Hall–Kier alpha value is -1.02. The molecule has 0 spiro atoms. The largest absolute Gasteiger partial charge is 0.493 e. The van der Waals surface area contributed by atoms with Crippen LogP contribution in [0.3, 0.4) is 0 Å². The molecule has 2 nitrogen and oxygen atoms in total. The molecule has 1 rings (SSSR count). The molecule has 1 aromatic carbocycles. The molecule has 17 heavy (non-hydrogen) atoms. The fourth-order valence-electron chi connectivity index (χ4n) is 1.82. The molecule has 0 aromatic heterocycles. The molecule has 2 heteroatoms. The Morgan fingerprint density at radius 2 is 2.00 bits per heavy atom. The molecular formula is C15H25NO. The second kappa shape index (κ2) is 7.33. The van der Waals surface area contributed by atoms with Crippen molar-refractivity contribution in [3.8, 4) is 5.75 Å². The second-order valence-corrected chi connectivity index (χ2v) is 4.57. The van der Waals surface area contributed by atoms with E-state index in [1.807, 2.05) is 0 Å². The molecule has 0 aliphatic heterocycles. The first-order valence-electron chi connectivity index (χ1n) is 6.65. The summed E-state index contributed by atoms with van der Waals surface area (Å²) in [4.78, 5) is 0. The summed E-state index contributed by atoms with van der Waals surface area (Å²) in [6.07, 6.45) is 2.20. The predicted molar refractivity (Wildman–Crippen MR) is 73.7 cm³/mol. The number of ether oxygens (including phenoxy) is 1. The highest BCUT2D eigenvalue weighted by Crippen LogP contribution is 2.26. The zero-order chi connectivity index (χ0) is 12.7. The van der Waals surface area contributed by atoms with Crippen molar-refractivity contribution in [3.05, 3.63) is 29.3 Å². The number of hydrogen-bond acceptors (Lipinski definition) is 2. The van der Waals surface area contributed by atoms with E-state index in [9.17, 15) is 0 Å². The van der Waals surface area contributed by atoms with E-state index in [0.29, 0.717) is 6.04 Å². The normalized spacial score (nSPS) is 12.5. The molecule has 96 valence electrons. The standard InChI is InChI=1S/C15H25NO/c1-5-9-16-13(4)14-11-12(3)7-8-15(14)17-10-6-2/h7-8,11,13,16H,5-6,9-10H2,1-4H3. The van der Waals surface area contributed by atoms with Gasteiger partial charge in [-0.05, 0) is 39.3 Å². The lowest BCUT2D eigenvalue weighted by molar-refractivity contribution is 0.310. The van der Waals surface area contributed by atoms with Gasteiger partial charge in [-0.2, -0.15) is 0 Å². The van der Waals surface area contributed by atoms with E-state index in [0.717, 1.165) is 31.7 Å². The molecule has 1 atom stereocenters. The van der Waals surface area contributed by atoms with Gasteiger partial charge in [-0.1, -0.05) is 31.5 Å². The quantitative estimate of drug-likeness (QED) is 0.775. The van der Waals surface area contributed by atoms with Gasteiger partial charge in [0.15, 0.2) is 0 Å². The molecule has 1 N–H and O–H groups in total. The Morgan fingerprint density at radius 1 is 1.24 bits per heavy atom. The molecule has 0 amide bonds. The van der Waals surface area contributed by atoms with Gasteiger partial charge in [-0.3, -0.25) is 0 Å². The highest BCUT2D eigenvalue weighted by Gasteiger charge is 2.11. The maximum absolute atomic E-state index is 5.80. The van der Waals surface area contributed by atoms with Crippen molar-refractivity contribution < 1.29 is 4.74 Å². The van der Waals surface area contributed by atoms with Crippen molar-refractivity contribution in [2.45, 2.75) is 46.6 Å². The van der Waals surface area contributed by atoms with E-state index in [1.54, 1.807) is 0 Å². The molecule has 0 heterocycles. The number of rotatable bonds is 7. The van der Waals surface area contributed by atoms with Crippen molar-refractivity contribution in [1.82, 2.24) is 5.32 Å². The molecule has 0 saturated carbocycles. The lowest BCUT2D eigenvalue weighted by Gasteiger charge is -2.18. The van der Waals surface area contributed by atoms with Gasteiger partial charge in [-0.15, -0.1) is 0 Å². The molecule has 0 aliphatic carbocycles. The van der Waals surface area contributed by atoms with Crippen molar-refractivity contribution in [2.75, 3.05) is 13.2 Å². The summed E-state index contributed by atoms with van der Waals surface area (Å²) in [6.45, 7) is 10.5. The van der Waals surface area contributed by atoms with Crippen molar-refractivity contribution in [2.24, 2.45) is 0 Å². The minimum absolute atomic E-state index is 0.349. The monoisotopic (exact) mass is 235 g/mol. The maximum atomic E-state index is 5.80. The SMILES string of the molecule is CCCNC(C)c1cc(C)ccc1OCCC. The van der Waals surface area contributed by atoms with Crippen LogP contribution in [0.1, 0.15) is 50.8 Å². The highest BCUT2D eigenvalue weighted by molar-refractivity contribution is 5.38. The number of hydrogen-bond donors (Lipinski definition) is 1. The maximum Gasteiger partial charge on any atom is 0.124 e. The molecule has 1 unspecified atom stereocenters. The molecule has 0 fully saturated rings. The Kier molecular flexibility index (Phi) is 6.06. The summed E-state index contributed by atoms with van der Waals surface area (Å²) in [5.74, 6) is 1.02. The highest BCUT2D eigenvalue weighted by atomic mass is 16.5. The average Bonchev–Trinajstić information content (AvgIpc) is 2.34. The Bertz CT molecular complexity index is 336. The van der Waals surface area contributed by atoms with Crippen LogP contribution in [0.4, 0.5) is 0 Å². The van der Waals surface area contributed by atoms with Gasteiger partial charge < -0.3 is 10.1 Å². The lowest BCUT2D eigenvalue weighted by Crippen LogP contribution is -2.20. The molecular weight excluding hydrogens is 210 g/mol. The summed E-state index contributed by atoms with van der Waals surface area (Å²) in [5.41, 5.74) is 2.56. The molecule has 0 radical (unpaired) electrons. The van der Waals surface area contributed by atoms with Gasteiger partial charge in [0.05, 0.1) is 6.61 Å². The summed E-state index contributed by atoms with van der Waals surface area (Å²) in [6, 6.07) is 6.77. The van der Waals surface area contributed by atoms with Crippen LogP contribution in [0.15, 0.2) is 18.2 Å². The molecule has 0 bridgehead atoms. The number of aryl methyl sites for hydroxylation is 1. The molecule has 1 aromatic rings. The lowest BCUT2D eigenvalue weighted by atomic mass is 10.0. The Morgan fingerprint density at radius 3 is 2.65 bits per heavy atom. The minimum Gasteiger partial charge on any atom is -0.493 e. The van der Waals surface area contributed by atoms with Gasteiger partial charge in [0.2, 0.25) is 0 Å². The molecule has 0 aliphatic rings. The fourth-order valence-corrected chi connectivity index (χ4v) is 1.82. The van der Waals surface area contributed by atoms with Gasteiger partial charge in [0.25, 0.3) is 0 Å². The zero-order valence-electron chi connectivity index (χ0n) is 11.5. The van der Waals surface area contributed by atoms with E-state index in [2.05, 4.69) is 51.2 Å². The third kappa shape index (κ3) is 4.39. The topological polar surface area (TPSA) is 21.3 Å². The van der Waals surface area contributed by atoms with Crippen LogP contribution in [0, 0.1) is 6.92 Å². The van der Waals surface area contributed by atoms with Gasteiger partial charge in [0.1, 0.15) is 5.75 Å². The van der Waals surface area contributed by atoms with Crippen LogP contribution < -0.4 is 10.1 Å². The van der Waals surface area contributed by atoms with Crippen LogP contribution in [0.5, 0.6) is 5.75 Å². The van der Waals surface area contributed by atoms with Crippen LogP contribution in [-0.2, 0) is 0 Å². The summed E-state index contributed by atoms with van der Waals surface area (Å²) in [7, 11) is 0. The van der Waals surface area contributed by atoms with Crippen molar-refractivity contribution in [1.29, 1.82) is 0 Å². The number of benzene rings is 1. The average molecular weight is 235 g/mol. The summed E-state index contributed by atoms with van der Waals surface area (Å²) in [5, 5.41) is 3.51. The number of nitrogens with one attached hydrogen (secondary N) is 1. The predicted octanol–water partition coefficient (Wildman–Crippen LogP) is 3.84. The van der Waals surface area contributed by atoms with Gasteiger partial charge in [-0.25, -0.2) is 0 Å². The van der Waals surface area contributed by atoms with Crippen molar-refractivity contribution >= 4 is 0 Å². The van der Waals surface area contributed by atoms with Gasteiger partial charge >= 0.3 is 0 Å². The summed E-state index contributed by atoms with van der Waals surface area (Å²) >= 11 is 0. The van der Waals surface area contributed by atoms with Crippen LogP contribution >= 0.6 is 0 Å². The molecule has 0 saturated heterocycles. The van der Waals surface area contributed by atoms with Crippen LogP contribution in [0.2, 0.25) is 0 Å².